The van der Waals surface area contributed by atoms with Gasteiger partial charge in [-0.25, -0.2) is 0 Å². The first-order valence-corrected chi connectivity index (χ1v) is 8.21. The van der Waals surface area contributed by atoms with Gasteiger partial charge in [0.1, 0.15) is 0 Å². The second-order valence-corrected chi connectivity index (χ2v) is 7.04. The Morgan fingerprint density at radius 1 is 1.45 bits per heavy atom. The van der Waals surface area contributed by atoms with Crippen molar-refractivity contribution in [2.45, 2.75) is 32.2 Å². The Balaban J connectivity index is 1.40. The summed E-state index contributed by atoms with van der Waals surface area (Å²) in [5.74, 6) is 2.75. The Morgan fingerprint density at radius 3 is 2.95 bits per heavy atom. The summed E-state index contributed by atoms with van der Waals surface area (Å²) in [6.45, 7) is 2.60. The topological polar surface area (TPSA) is 41.1 Å². The summed E-state index contributed by atoms with van der Waals surface area (Å²) < 4.78 is 0.974. The van der Waals surface area contributed by atoms with Crippen LogP contribution in [0.5, 0.6) is 0 Å². The molecule has 3 rings (SSSR count). The molecular weight excluding hydrogens is 316 g/mol. The van der Waals surface area contributed by atoms with Crippen LogP contribution in [0.2, 0.25) is 0 Å². The van der Waals surface area contributed by atoms with Crippen LogP contribution in [0.25, 0.3) is 0 Å². The maximum absolute atomic E-state index is 11.9. The minimum Gasteiger partial charge on any atom is -0.325 e. The van der Waals surface area contributed by atoms with E-state index in [-0.39, 0.29) is 5.91 Å². The average Bonchev–Trinajstić information content (AvgIpc) is 3.27. The van der Waals surface area contributed by atoms with Crippen molar-refractivity contribution in [3.63, 3.8) is 0 Å². The van der Waals surface area contributed by atoms with E-state index in [1.807, 2.05) is 24.3 Å². The van der Waals surface area contributed by atoms with E-state index in [0.717, 1.165) is 27.9 Å². The second kappa shape index (κ2) is 5.86. The fourth-order valence-electron chi connectivity index (χ4n) is 3.05. The molecule has 1 amide bonds. The SMILES string of the molecule is CC(NCC(=O)Nc1cccc(Br)c1)[C@@H]1C[C@H]1C1CC1. The molecule has 1 aromatic rings. The number of benzene rings is 1. The summed E-state index contributed by atoms with van der Waals surface area (Å²) in [7, 11) is 0. The summed E-state index contributed by atoms with van der Waals surface area (Å²) in [5.41, 5.74) is 0.834. The third-order valence-electron chi connectivity index (χ3n) is 4.45. The van der Waals surface area contributed by atoms with Crippen LogP contribution in [0.1, 0.15) is 26.2 Å². The van der Waals surface area contributed by atoms with Crippen LogP contribution < -0.4 is 10.6 Å². The fourth-order valence-corrected chi connectivity index (χ4v) is 3.45. The molecule has 0 aromatic heterocycles. The zero-order chi connectivity index (χ0) is 14.1. The fraction of sp³-hybridized carbons (Fsp3) is 0.562. The van der Waals surface area contributed by atoms with Gasteiger partial charge in [0.05, 0.1) is 6.54 Å². The molecule has 3 nitrogen and oxygen atoms in total. The van der Waals surface area contributed by atoms with Gasteiger partial charge in [0.15, 0.2) is 0 Å². The number of halogens is 1. The zero-order valence-electron chi connectivity index (χ0n) is 11.7. The van der Waals surface area contributed by atoms with Crippen LogP contribution in [-0.2, 0) is 4.79 Å². The van der Waals surface area contributed by atoms with E-state index in [0.29, 0.717) is 12.6 Å². The van der Waals surface area contributed by atoms with Crippen LogP contribution in [0, 0.1) is 17.8 Å². The monoisotopic (exact) mass is 336 g/mol. The first-order valence-electron chi connectivity index (χ1n) is 7.42. The smallest absolute Gasteiger partial charge is 0.238 e. The van der Waals surface area contributed by atoms with E-state index in [2.05, 4.69) is 33.5 Å². The predicted octanol–water partition coefficient (Wildman–Crippen LogP) is 3.41. The van der Waals surface area contributed by atoms with Gasteiger partial charge < -0.3 is 10.6 Å². The molecule has 4 heteroatoms. The molecule has 2 N–H and O–H groups in total. The molecule has 0 saturated heterocycles. The Hall–Kier alpha value is -0.870. The van der Waals surface area contributed by atoms with Crippen LogP contribution in [0.4, 0.5) is 5.69 Å². The summed E-state index contributed by atoms with van der Waals surface area (Å²) in [5, 5.41) is 6.28. The van der Waals surface area contributed by atoms with Gasteiger partial charge in [-0.3, -0.25) is 4.79 Å². The summed E-state index contributed by atoms with van der Waals surface area (Å²) in [6.07, 6.45) is 4.21. The maximum Gasteiger partial charge on any atom is 0.238 e. The number of anilines is 1. The van der Waals surface area contributed by atoms with Crippen molar-refractivity contribution < 1.29 is 4.79 Å². The third-order valence-corrected chi connectivity index (χ3v) is 4.95. The largest absolute Gasteiger partial charge is 0.325 e. The lowest BCUT2D eigenvalue weighted by Crippen LogP contribution is -2.36. The van der Waals surface area contributed by atoms with Crippen LogP contribution in [-0.4, -0.2) is 18.5 Å². The summed E-state index contributed by atoms with van der Waals surface area (Å²) >= 11 is 3.40. The van der Waals surface area contributed by atoms with Gasteiger partial charge in [-0.05, 0) is 62.1 Å². The molecule has 0 aliphatic heterocycles. The van der Waals surface area contributed by atoms with Crippen LogP contribution in [0.3, 0.4) is 0 Å². The van der Waals surface area contributed by atoms with Gasteiger partial charge in [-0.2, -0.15) is 0 Å². The highest BCUT2D eigenvalue weighted by Crippen LogP contribution is 2.55. The molecule has 20 heavy (non-hydrogen) atoms. The lowest BCUT2D eigenvalue weighted by atomic mass is 10.1. The Bertz CT molecular complexity index is 501. The highest BCUT2D eigenvalue weighted by atomic mass is 79.9. The molecule has 0 bridgehead atoms. The molecule has 0 heterocycles. The van der Waals surface area contributed by atoms with Crippen molar-refractivity contribution in [1.29, 1.82) is 0 Å². The lowest BCUT2D eigenvalue weighted by Gasteiger charge is -2.13. The van der Waals surface area contributed by atoms with E-state index < -0.39 is 0 Å². The number of hydrogen-bond acceptors (Lipinski definition) is 2. The highest BCUT2D eigenvalue weighted by molar-refractivity contribution is 9.10. The van der Waals surface area contributed by atoms with Crippen LogP contribution in [0.15, 0.2) is 28.7 Å². The lowest BCUT2D eigenvalue weighted by molar-refractivity contribution is -0.115. The predicted molar refractivity (Wildman–Crippen MR) is 84.6 cm³/mol. The quantitative estimate of drug-likeness (QED) is 0.835. The van der Waals surface area contributed by atoms with Gasteiger partial charge in [-0.15, -0.1) is 0 Å². The number of hydrogen-bond donors (Lipinski definition) is 2. The number of rotatable bonds is 6. The minimum atomic E-state index is 0.0265. The number of carbonyl (C=O) groups is 1. The van der Waals surface area contributed by atoms with Crippen LogP contribution >= 0.6 is 15.9 Å². The van der Waals surface area contributed by atoms with Crippen molar-refractivity contribution in [2.24, 2.45) is 17.8 Å². The molecular formula is C16H21BrN2O. The van der Waals surface area contributed by atoms with Crippen molar-refractivity contribution >= 4 is 27.5 Å². The molecule has 0 spiro atoms. The van der Waals surface area contributed by atoms with Gasteiger partial charge in [0.25, 0.3) is 0 Å². The molecule has 2 saturated carbocycles. The van der Waals surface area contributed by atoms with Crippen molar-refractivity contribution in [1.82, 2.24) is 5.32 Å². The second-order valence-electron chi connectivity index (χ2n) is 6.13. The third kappa shape index (κ3) is 3.61. The first-order chi connectivity index (χ1) is 9.63. The molecule has 1 aromatic carbocycles. The normalized spacial score (nSPS) is 26.1. The van der Waals surface area contributed by atoms with Crippen molar-refractivity contribution in [3.8, 4) is 0 Å². The Labute approximate surface area is 128 Å². The summed E-state index contributed by atoms with van der Waals surface area (Å²) in [4.78, 5) is 11.9. The van der Waals surface area contributed by atoms with Crippen molar-refractivity contribution in [3.05, 3.63) is 28.7 Å². The van der Waals surface area contributed by atoms with Crippen molar-refractivity contribution in [2.75, 3.05) is 11.9 Å². The average molecular weight is 337 g/mol. The van der Waals surface area contributed by atoms with Gasteiger partial charge in [-0.1, -0.05) is 22.0 Å². The number of carbonyl (C=O) groups excluding carboxylic acids is 1. The number of amides is 1. The molecule has 2 fully saturated rings. The van der Waals surface area contributed by atoms with Gasteiger partial charge >= 0.3 is 0 Å². The Morgan fingerprint density at radius 2 is 2.25 bits per heavy atom. The molecule has 1 unspecified atom stereocenters. The van der Waals surface area contributed by atoms with E-state index in [4.69, 9.17) is 0 Å². The number of nitrogens with one attached hydrogen (secondary N) is 2. The van der Waals surface area contributed by atoms with E-state index in [1.54, 1.807) is 0 Å². The van der Waals surface area contributed by atoms with E-state index in [1.165, 1.54) is 19.3 Å². The summed E-state index contributed by atoms with van der Waals surface area (Å²) in [6, 6.07) is 8.12. The molecule has 0 radical (unpaired) electrons. The molecule has 108 valence electrons. The minimum absolute atomic E-state index is 0.0265. The van der Waals surface area contributed by atoms with Gasteiger partial charge in [0, 0.05) is 16.2 Å². The molecule has 2 aliphatic carbocycles. The van der Waals surface area contributed by atoms with Gasteiger partial charge in [0.2, 0.25) is 5.91 Å². The van der Waals surface area contributed by atoms with E-state index >= 15 is 0 Å². The standard InChI is InChI=1S/C16H21BrN2O/c1-10(14-8-15(14)11-5-6-11)18-9-16(20)19-13-4-2-3-12(17)7-13/h2-4,7,10-11,14-15,18H,5-6,8-9H2,1H3,(H,19,20)/t10?,14-,15-/m0/s1. The molecule has 3 atom stereocenters. The van der Waals surface area contributed by atoms with E-state index in [9.17, 15) is 4.79 Å². The zero-order valence-corrected chi connectivity index (χ0v) is 13.3. The highest BCUT2D eigenvalue weighted by Gasteiger charge is 2.49. The Kier molecular flexibility index (Phi) is 4.13. The maximum atomic E-state index is 11.9. The first kappa shape index (κ1) is 14.1. The molecule has 2 aliphatic rings.